The number of aryl methyl sites for hydroxylation is 1. The first-order valence-corrected chi connectivity index (χ1v) is 8.74. The van der Waals surface area contributed by atoms with Crippen LogP contribution in [0.3, 0.4) is 0 Å². The van der Waals surface area contributed by atoms with Crippen molar-refractivity contribution in [2.45, 2.75) is 26.1 Å². The fourth-order valence-electron chi connectivity index (χ4n) is 2.45. The van der Waals surface area contributed by atoms with Crippen molar-refractivity contribution in [2.75, 3.05) is 20.1 Å². The van der Waals surface area contributed by atoms with E-state index < -0.39 is 11.7 Å². The highest BCUT2D eigenvalue weighted by Gasteiger charge is 2.30. The van der Waals surface area contributed by atoms with Crippen LogP contribution in [0.25, 0.3) is 0 Å². The van der Waals surface area contributed by atoms with Crippen LogP contribution in [-0.2, 0) is 12.7 Å². The SMILES string of the molecule is CN=C(NCCCNC(=O)c1occc1C)NCc1cccc(C(F)(F)F)c1. The molecule has 0 radical (unpaired) electrons. The van der Waals surface area contributed by atoms with E-state index in [-0.39, 0.29) is 12.5 Å². The number of nitrogens with zero attached hydrogens (tertiary/aromatic N) is 1. The average Bonchev–Trinajstić information content (AvgIpc) is 3.09. The predicted molar refractivity (Wildman–Crippen MR) is 100 cm³/mol. The number of amides is 1. The highest BCUT2D eigenvalue weighted by Crippen LogP contribution is 2.29. The molecule has 0 saturated heterocycles. The summed E-state index contributed by atoms with van der Waals surface area (Å²) in [6.07, 6.45) is -2.27. The Hall–Kier alpha value is -2.97. The van der Waals surface area contributed by atoms with Crippen molar-refractivity contribution in [1.82, 2.24) is 16.0 Å². The van der Waals surface area contributed by atoms with Crippen LogP contribution in [0, 0.1) is 6.92 Å². The van der Waals surface area contributed by atoms with Gasteiger partial charge in [-0.15, -0.1) is 0 Å². The largest absolute Gasteiger partial charge is 0.459 e. The Labute approximate surface area is 161 Å². The van der Waals surface area contributed by atoms with Crippen molar-refractivity contribution < 1.29 is 22.4 Å². The summed E-state index contributed by atoms with van der Waals surface area (Å²) in [4.78, 5) is 15.9. The fourth-order valence-corrected chi connectivity index (χ4v) is 2.45. The van der Waals surface area contributed by atoms with Gasteiger partial charge in [-0.3, -0.25) is 9.79 Å². The van der Waals surface area contributed by atoms with Crippen LogP contribution in [0.15, 0.2) is 46.0 Å². The Kier molecular flexibility index (Phi) is 7.48. The topological polar surface area (TPSA) is 78.7 Å². The monoisotopic (exact) mass is 396 g/mol. The van der Waals surface area contributed by atoms with Gasteiger partial charge in [0.25, 0.3) is 5.91 Å². The summed E-state index contributed by atoms with van der Waals surface area (Å²) in [7, 11) is 1.57. The summed E-state index contributed by atoms with van der Waals surface area (Å²) < 4.78 is 43.4. The number of carbonyl (C=O) groups excluding carboxylic acids is 1. The zero-order valence-electron chi connectivity index (χ0n) is 15.7. The number of hydrogen-bond acceptors (Lipinski definition) is 3. The van der Waals surface area contributed by atoms with Gasteiger partial charge in [0.05, 0.1) is 11.8 Å². The maximum Gasteiger partial charge on any atom is 0.416 e. The molecule has 1 aromatic carbocycles. The zero-order valence-corrected chi connectivity index (χ0v) is 15.7. The lowest BCUT2D eigenvalue weighted by Gasteiger charge is -2.13. The van der Waals surface area contributed by atoms with Crippen molar-refractivity contribution in [3.8, 4) is 0 Å². The van der Waals surface area contributed by atoms with Crippen molar-refractivity contribution in [1.29, 1.82) is 0 Å². The maximum absolute atomic E-state index is 12.7. The van der Waals surface area contributed by atoms with Crippen molar-refractivity contribution in [3.05, 3.63) is 59.0 Å². The molecule has 2 rings (SSSR count). The Morgan fingerprint density at radius 3 is 2.54 bits per heavy atom. The molecule has 1 aromatic heterocycles. The number of alkyl halides is 3. The lowest BCUT2D eigenvalue weighted by molar-refractivity contribution is -0.137. The molecule has 0 aliphatic rings. The molecule has 0 aliphatic carbocycles. The molecule has 1 heterocycles. The van der Waals surface area contributed by atoms with E-state index >= 15 is 0 Å². The van der Waals surface area contributed by atoms with Crippen LogP contribution in [-0.4, -0.2) is 32.0 Å². The number of carbonyl (C=O) groups is 1. The van der Waals surface area contributed by atoms with Crippen LogP contribution >= 0.6 is 0 Å². The van der Waals surface area contributed by atoms with Gasteiger partial charge in [-0.05, 0) is 37.1 Å². The Morgan fingerprint density at radius 2 is 1.89 bits per heavy atom. The molecule has 152 valence electrons. The van der Waals surface area contributed by atoms with E-state index in [0.29, 0.717) is 36.8 Å². The molecule has 6 nitrogen and oxygen atoms in total. The summed E-state index contributed by atoms with van der Waals surface area (Å²) in [6.45, 7) is 2.97. The minimum atomic E-state index is -4.37. The molecule has 0 fully saturated rings. The van der Waals surface area contributed by atoms with E-state index in [2.05, 4.69) is 20.9 Å². The van der Waals surface area contributed by atoms with Gasteiger partial charge >= 0.3 is 6.18 Å². The van der Waals surface area contributed by atoms with Gasteiger partial charge in [-0.2, -0.15) is 13.2 Å². The summed E-state index contributed by atoms with van der Waals surface area (Å²) in [5.74, 6) is 0.492. The molecule has 0 atom stereocenters. The van der Waals surface area contributed by atoms with E-state index in [0.717, 1.165) is 17.7 Å². The first-order chi connectivity index (χ1) is 13.3. The Bertz CT molecular complexity index is 816. The fraction of sp³-hybridized carbons (Fsp3) is 0.368. The third-order valence-electron chi connectivity index (χ3n) is 3.94. The molecule has 9 heteroatoms. The lowest BCUT2D eigenvalue weighted by Crippen LogP contribution is -2.38. The Morgan fingerprint density at radius 1 is 1.14 bits per heavy atom. The third kappa shape index (κ3) is 6.33. The number of hydrogen-bond donors (Lipinski definition) is 3. The third-order valence-corrected chi connectivity index (χ3v) is 3.94. The molecule has 0 unspecified atom stereocenters. The smallest absolute Gasteiger partial charge is 0.416 e. The number of benzene rings is 1. The van der Waals surface area contributed by atoms with Crippen molar-refractivity contribution in [3.63, 3.8) is 0 Å². The molecule has 28 heavy (non-hydrogen) atoms. The summed E-state index contributed by atoms with van der Waals surface area (Å²) in [6, 6.07) is 6.85. The van der Waals surface area contributed by atoms with Gasteiger partial charge in [0, 0.05) is 32.2 Å². The average molecular weight is 396 g/mol. The van der Waals surface area contributed by atoms with Gasteiger partial charge in [0.1, 0.15) is 0 Å². The van der Waals surface area contributed by atoms with Gasteiger partial charge in [0.15, 0.2) is 11.7 Å². The predicted octanol–water partition coefficient (Wildman–Crippen LogP) is 3.09. The second-order valence-corrected chi connectivity index (χ2v) is 6.09. The highest BCUT2D eigenvalue weighted by molar-refractivity contribution is 5.92. The quantitative estimate of drug-likeness (QED) is 0.382. The molecule has 0 saturated carbocycles. The minimum Gasteiger partial charge on any atom is -0.459 e. The molecule has 3 N–H and O–H groups in total. The van der Waals surface area contributed by atoms with Crippen LogP contribution in [0.5, 0.6) is 0 Å². The van der Waals surface area contributed by atoms with Crippen molar-refractivity contribution >= 4 is 11.9 Å². The van der Waals surface area contributed by atoms with Gasteiger partial charge in [-0.25, -0.2) is 0 Å². The van der Waals surface area contributed by atoms with E-state index in [1.54, 1.807) is 26.1 Å². The molecular weight excluding hydrogens is 373 g/mol. The van der Waals surface area contributed by atoms with E-state index in [4.69, 9.17) is 4.42 Å². The van der Waals surface area contributed by atoms with Crippen LogP contribution in [0.1, 0.15) is 33.7 Å². The van der Waals surface area contributed by atoms with E-state index in [1.807, 2.05) is 0 Å². The second-order valence-electron chi connectivity index (χ2n) is 6.09. The number of nitrogens with one attached hydrogen (secondary N) is 3. The number of furan rings is 1. The zero-order chi connectivity index (χ0) is 20.6. The first-order valence-electron chi connectivity index (χ1n) is 8.74. The van der Waals surface area contributed by atoms with E-state index in [9.17, 15) is 18.0 Å². The number of guanidine groups is 1. The van der Waals surface area contributed by atoms with Gasteiger partial charge in [-0.1, -0.05) is 12.1 Å². The first kappa shape index (κ1) is 21.3. The number of aliphatic imine (C=N–C) groups is 1. The molecule has 0 bridgehead atoms. The van der Waals surface area contributed by atoms with Crippen LogP contribution in [0.4, 0.5) is 13.2 Å². The van der Waals surface area contributed by atoms with Gasteiger partial charge < -0.3 is 20.4 Å². The summed E-state index contributed by atoms with van der Waals surface area (Å²) in [5, 5.41) is 8.77. The maximum atomic E-state index is 12.7. The standard InChI is InChI=1S/C19H23F3N4O2/c1-13-7-10-28-16(13)17(27)24-8-4-9-25-18(23-2)26-12-14-5-3-6-15(11-14)19(20,21)22/h3,5-7,10-11H,4,8-9,12H2,1-2H3,(H,24,27)(H2,23,25,26). The van der Waals surface area contributed by atoms with Crippen LogP contribution < -0.4 is 16.0 Å². The Balaban J connectivity index is 1.71. The molecule has 0 spiro atoms. The second kappa shape index (κ2) is 9.82. The normalized spacial score (nSPS) is 12.0. The summed E-state index contributed by atoms with van der Waals surface area (Å²) >= 11 is 0. The van der Waals surface area contributed by atoms with Crippen molar-refractivity contribution in [2.24, 2.45) is 4.99 Å². The molecule has 2 aromatic rings. The number of rotatable bonds is 7. The van der Waals surface area contributed by atoms with Crippen LogP contribution in [0.2, 0.25) is 0 Å². The molecular formula is C19H23F3N4O2. The molecule has 1 amide bonds. The number of halogens is 3. The van der Waals surface area contributed by atoms with E-state index in [1.165, 1.54) is 12.3 Å². The molecule has 0 aliphatic heterocycles. The summed E-state index contributed by atoms with van der Waals surface area (Å²) in [5.41, 5.74) is 0.589. The van der Waals surface area contributed by atoms with Gasteiger partial charge in [0.2, 0.25) is 0 Å². The minimum absolute atomic E-state index is 0.206. The lowest BCUT2D eigenvalue weighted by atomic mass is 10.1. The highest BCUT2D eigenvalue weighted by atomic mass is 19.4.